The first-order chi connectivity index (χ1) is 7.34. The second-order valence-electron chi connectivity index (χ2n) is 3.95. The maximum Gasteiger partial charge on any atom is 0.224 e. The molecule has 15 heavy (non-hydrogen) atoms. The lowest BCUT2D eigenvalue weighted by atomic mass is 10.1. The molecule has 4 heteroatoms. The summed E-state index contributed by atoms with van der Waals surface area (Å²) in [7, 11) is 0. The van der Waals surface area contributed by atoms with E-state index in [0.717, 1.165) is 39.0 Å². The highest BCUT2D eigenvalue weighted by Gasteiger charge is 2.21. The van der Waals surface area contributed by atoms with E-state index in [9.17, 15) is 4.79 Å². The van der Waals surface area contributed by atoms with Crippen LogP contribution in [-0.2, 0) is 9.53 Å². The second kappa shape index (κ2) is 7.65. The Labute approximate surface area is 91.8 Å². The number of amides is 1. The highest BCUT2D eigenvalue weighted by Crippen LogP contribution is 2.06. The van der Waals surface area contributed by atoms with Crippen molar-refractivity contribution in [3.63, 3.8) is 0 Å². The lowest BCUT2D eigenvalue weighted by Gasteiger charge is -2.09. The third-order valence-corrected chi connectivity index (χ3v) is 2.62. The molecule has 0 aromatic carbocycles. The van der Waals surface area contributed by atoms with E-state index in [1.54, 1.807) is 0 Å². The van der Waals surface area contributed by atoms with Crippen LogP contribution in [0.5, 0.6) is 0 Å². The van der Waals surface area contributed by atoms with Gasteiger partial charge in [-0.05, 0) is 19.4 Å². The van der Waals surface area contributed by atoms with E-state index >= 15 is 0 Å². The summed E-state index contributed by atoms with van der Waals surface area (Å²) in [6.45, 7) is 5.99. The summed E-state index contributed by atoms with van der Waals surface area (Å²) in [6, 6.07) is 0. The van der Waals surface area contributed by atoms with Gasteiger partial charge in [-0.15, -0.1) is 0 Å². The van der Waals surface area contributed by atoms with E-state index in [1.165, 1.54) is 0 Å². The number of carbonyl (C=O) groups is 1. The quantitative estimate of drug-likeness (QED) is 0.608. The van der Waals surface area contributed by atoms with Gasteiger partial charge in [-0.2, -0.15) is 0 Å². The lowest BCUT2D eigenvalue weighted by Crippen LogP contribution is -2.34. The maximum absolute atomic E-state index is 11.5. The van der Waals surface area contributed by atoms with Gasteiger partial charge in [-0.1, -0.05) is 13.3 Å². The van der Waals surface area contributed by atoms with Gasteiger partial charge in [-0.3, -0.25) is 4.79 Å². The minimum atomic E-state index is 0.166. The van der Waals surface area contributed by atoms with E-state index in [2.05, 4.69) is 17.6 Å². The number of carbonyl (C=O) groups excluding carboxylic acids is 1. The SMILES string of the molecule is CCCCOCCNC(=O)C1CCNC1. The first-order valence-corrected chi connectivity index (χ1v) is 5.90. The molecule has 1 rings (SSSR count). The van der Waals surface area contributed by atoms with Crippen LogP contribution in [0.1, 0.15) is 26.2 Å². The molecule has 1 atom stereocenters. The molecule has 1 amide bonds. The van der Waals surface area contributed by atoms with Crippen molar-refractivity contribution in [3.8, 4) is 0 Å². The van der Waals surface area contributed by atoms with Crippen molar-refractivity contribution in [1.29, 1.82) is 0 Å². The number of hydrogen-bond donors (Lipinski definition) is 2. The lowest BCUT2D eigenvalue weighted by molar-refractivity contribution is -0.124. The average Bonchev–Trinajstić information content (AvgIpc) is 2.76. The Bertz CT molecular complexity index is 179. The number of unbranched alkanes of at least 4 members (excludes halogenated alkanes) is 1. The van der Waals surface area contributed by atoms with E-state index < -0.39 is 0 Å². The van der Waals surface area contributed by atoms with E-state index in [1.807, 2.05) is 0 Å². The summed E-state index contributed by atoms with van der Waals surface area (Å²) in [5.41, 5.74) is 0. The molecule has 1 aliphatic rings. The summed E-state index contributed by atoms with van der Waals surface area (Å²) in [4.78, 5) is 11.5. The van der Waals surface area contributed by atoms with Crippen molar-refractivity contribution in [1.82, 2.24) is 10.6 Å². The topological polar surface area (TPSA) is 50.4 Å². The van der Waals surface area contributed by atoms with Gasteiger partial charge in [0.25, 0.3) is 0 Å². The molecule has 1 fully saturated rings. The Hall–Kier alpha value is -0.610. The van der Waals surface area contributed by atoms with Crippen molar-refractivity contribution < 1.29 is 9.53 Å². The predicted molar refractivity (Wildman–Crippen MR) is 59.7 cm³/mol. The molecule has 0 radical (unpaired) electrons. The standard InChI is InChI=1S/C11H22N2O2/c1-2-3-7-15-8-6-13-11(14)10-4-5-12-9-10/h10,12H,2-9H2,1H3,(H,13,14). The highest BCUT2D eigenvalue weighted by atomic mass is 16.5. The normalized spacial score (nSPS) is 20.5. The van der Waals surface area contributed by atoms with Gasteiger partial charge in [0, 0.05) is 19.7 Å². The smallest absolute Gasteiger partial charge is 0.224 e. The van der Waals surface area contributed by atoms with Crippen molar-refractivity contribution in [2.45, 2.75) is 26.2 Å². The Morgan fingerprint density at radius 3 is 3.07 bits per heavy atom. The van der Waals surface area contributed by atoms with Crippen LogP contribution in [-0.4, -0.2) is 38.8 Å². The number of hydrogen-bond acceptors (Lipinski definition) is 3. The van der Waals surface area contributed by atoms with Crippen LogP contribution in [0.25, 0.3) is 0 Å². The Morgan fingerprint density at radius 1 is 1.53 bits per heavy atom. The number of nitrogens with one attached hydrogen (secondary N) is 2. The van der Waals surface area contributed by atoms with Gasteiger partial charge in [0.2, 0.25) is 5.91 Å². The molecule has 4 nitrogen and oxygen atoms in total. The fraction of sp³-hybridized carbons (Fsp3) is 0.909. The second-order valence-corrected chi connectivity index (χ2v) is 3.95. The monoisotopic (exact) mass is 214 g/mol. The van der Waals surface area contributed by atoms with Gasteiger partial charge < -0.3 is 15.4 Å². The zero-order valence-electron chi connectivity index (χ0n) is 9.55. The van der Waals surface area contributed by atoms with Crippen molar-refractivity contribution in [2.24, 2.45) is 5.92 Å². The average molecular weight is 214 g/mol. The molecule has 88 valence electrons. The predicted octanol–water partition coefficient (Wildman–Crippen LogP) is 0.529. The molecule has 2 N–H and O–H groups in total. The summed E-state index contributed by atoms with van der Waals surface area (Å²) in [5, 5.41) is 6.08. The molecule has 0 aliphatic carbocycles. The van der Waals surface area contributed by atoms with Gasteiger partial charge in [0.1, 0.15) is 0 Å². The first kappa shape index (κ1) is 12.5. The zero-order valence-corrected chi connectivity index (χ0v) is 9.55. The largest absolute Gasteiger partial charge is 0.380 e. The van der Waals surface area contributed by atoms with E-state index in [-0.39, 0.29) is 11.8 Å². The maximum atomic E-state index is 11.5. The van der Waals surface area contributed by atoms with E-state index in [0.29, 0.717) is 13.2 Å². The van der Waals surface area contributed by atoms with Crippen molar-refractivity contribution in [3.05, 3.63) is 0 Å². The molecule has 0 spiro atoms. The Morgan fingerprint density at radius 2 is 2.40 bits per heavy atom. The number of rotatable bonds is 7. The van der Waals surface area contributed by atoms with Crippen LogP contribution >= 0.6 is 0 Å². The van der Waals surface area contributed by atoms with Crippen molar-refractivity contribution in [2.75, 3.05) is 32.8 Å². The van der Waals surface area contributed by atoms with Crippen LogP contribution in [0.15, 0.2) is 0 Å². The molecular weight excluding hydrogens is 192 g/mol. The number of ether oxygens (including phenoxy) is 1. The summed E-state index contributed by atoms with van der Waals surface area (Å²) >= 11 is 0. The molecule has 1 saturated heterocycles. The van der Waals surface area contributed by atoms with Crippen LogP contribution in [0.3, 0.4) is 0 Å². The minimum Gasteiger partial charge on any atom is -0.380 e. The molecule has 0 aromatic rings. The zero-order chi connectivity index (χ0) is 10.9. The van der Waals surface area contributed by atoms with Gasteiger partial charge in [0.05, 0.1) is 12.5 Å². The Kier molecular flexibility index (Phi) is 6.36. The van der Waals surface area contributed by atoms with Gasteiger partial charge in [-0.25, -0.2) is 0 Å². The molecular formula is C11H22N2O2. The Balaban J connectivity index is 1.92. The van der Waals surface area contributed by atoms with Crippen LogP contribution in [0, 0.1) is 5.92 Å². The fourth-order valence-corrected chi connectivity index (χ4v) is 1.62. The third kappa shape index (κ3) is 5.14. The van der Waals surface area contributed by atoms with Crippen LogP contribution in [0.4, 0.5) is 0 Å². The molecule has 1 unspecified atom stereocenters. The van der Waals surface area contributed by atoms with Crippen LogP contribution in [0.2, 0.25) is 0 Å². The van der Waals surface area contributed by atoms with Gasteiger partial charge >= 0.3 is 0 Å². The first-order valence-electron chi connectivity index (χ1n) is 5.90. The molecule has 1 aliphatic heterocycles. The van der Waals surface area contributed by atoms with Crippen LogP contribution < -0.4 is 10.6 Å². The van der Waals surface area contributed by atoms with E-state index in [4.69, 9.17) is 4.74 Å². The molecule has 0 saturated carbocycles. The summed E-state index contributed by atoms with van der Waals surface area (Å²) in [5.74, 6) is 0.333. The molecule has 0 bridgehead atoms. The molecule has 0 aromatic heterocycles. The summed E-state index contributed by atoms with van der Waals surface area (Å²) in [6.07, 6.45) is 3.21. The highest BCUT2D eigenvalue weighted by molar-refractivity contribution is 5.79. The minimum absolute atomic E-state index is 0.166. The summed E-state index contributed by atoms with van der Waals surface area (Å²) < 4.78 is 5.36. The fourth-order valence-electron chi connectivity index (χ4n) is 1.62. The third-order valence-electron chi connectivity index (χ3n) is 2.62. The van der Waals surface area contributed by atoms with Crippen molar-refractivity contribution >= 4 is 5.91 Å². The van der Waals surface area contributed by atoms with Gasteiger partial charge in [0.15, 0.2) is 0 Å². The molecule has 1 heterocycles.